The van der Waals surface area contributed by atoms with Gasteiger partial charge in [-0.1, -0.05) is 12.1 Å². The van der Waals surface area contributed by atoms with Gasteiger partial charge in [0, 0.05) is 12.6 Å². The van der Waals surface area contributed by atoms with E-state index in [0.717, 1.165) is 31.2 Å². The molecule has 0 aromatic heterocycles. The number of hydrogen-bond acceptors (Lipinski definition) is 2. The summed E-state index contributed by atoms with van der Waals surface area (Å²) in [5.41, 5.74) is -0.429. The summed E-state index contributed by atoms with van der Waals surface area (Å²) in [5, 5.41) is 2.36. The van der Waals surface area contributed by atoms with Crippen molar-refractivity contribution in [1.29, 1.82) is 0 Å². The molecule has 2 aromatic carbocycles. The monoisotopic (exact) mass is 322 g/mol. The maximum atomic E-state index is 13.8. The van der Waals surface area contributed by atoms with Gasteiger partial charge in [0.2, 0.25) is 11.8 Å². The van der Waals surface area contributed by atoms with Crippen molar-refractivity contribution in [3.05, 3.63) is 59.9 Å². The molecule has 0 saturated heterocycles. The van der Waals surface area contributed by atoms with E-state index in [9.17, 15) is 22.8 Å². The first-order valence-corrected chi connectivity index (χ1v) is 6.66. The maximum Gasteiger partial charge on any atom is 0.244 e. The van der Waals surface area contributed by atoms with Crippen LogP contribution in [0.2, 0.25) is 0 Å². The van der Waals surface area contributed by atoms with E-state index in [1.807, 2.05) is 0 Å². The van der Waals surface area contributed by atoms with Crippen LogP contribution in [0.4, 0.5) is 24.5 Å². The third-order valence-corrected chi connectivity index (χ3v) is 3.00. The molecule has 0 saturated carbocycles. The number of rotatable bonds is 4. The van der Waals surface area contributed by atoms with Crippen molar-refractivity contribution in [2.75, 3.05) is 16.8 Å². The predicted octanol–water partition coefficient (Wildman–Crippen LogP) is 3.10. The average molecular weight is 322 g/mol. The van der Waals surface area contributed by atoms with E-state index >= 15 is 0 Å². The smallest absolute Gasteiger partial charge is 0.244 e. The lowest BCUT2D eigenvalue weighted by Gasteiger charge is -2.21. The van der Waals surface area contributed by atoms with Crippen LogP contribution in [0, 0.1) is 17.5 Å². The Morgan fingerprint density at radius 1 is 1.04 bits per heavy atom. The van der Waals surface area contributed by atoms with Gasteiger partial charge in [-0.2, -0.15) is 0 Å². The number of nitrogens with zero attached hydrogens (tertiary/aromatic N) is 1. The summed E-state index contributed by atoms with van der Waals surface area (Å²) in [7, 11) is 0. The van der Waals surface area contributed by atoms with E-state index < -0.39 is 41.5 Å². The number of carbonyl (C=O) groups is 2. The molecular formula is C16H13F3N2O2. The molecule has 120 valence electrons. The van der Waals surface area contributed by atoms with E-state index in [4.69, 9.17) is 0 Å². The van der Waals surface area contributed by atoms with E-state index in [0.29, 0.717) is 4.90 Å². The van der Waals surface area contributed by atoms with Gasteiger partial charge in [0.25, 0.3) is 0 Å². The molecule has 0 aliphatic carbocycles. The molecule has 2 rings (SSSR count). The van der Waals surface area contributed by atoms with Crippen molar-refractivity contribution in [1.82, 2.24) is 0 Å². The number of para-hydroxylation sites is 1. The van der Waals surface area contributed by atoms with Gasteiger partial charge in [-0.3, -0.25) is 14.5 Å². The molecule has 0 fully saturated rings. The molecule has 0 radical (unpaired) electrons. The van der Waals surface area contributed by atoms with Crippen molar-refractivity contribution in [2.24, 2.45) is 0 Å². The second kappa shape index (κ2) is 6.95. The minimum Gasteiger partial charge on any atom is -0.324 e. The molecule has 0 aliphatic rings. The molecule has 0 spiro atoms. The Hall–Kier alpha value is -2.83. The van der Waals surface area contributed by atoms with Crippen LogP contribution in [-0.4, -0.2) is 18.4 Å². The van der Waals surface area contributed by atoms with E-state index in [1.54, 1.807) is 0 Å². The van der Waals surface area contributed by atoms with Crippen molar-refractivity contribution in [2.45, 2.75) is 6.92 Å². The maximum absolute atomic E-state index is 13.8. The summed E-state index contributed by atoms with van der Waals surface area (Å²) in [6.45, 7) is 0.477. The fourth-order valence-electron chi connectivity index (χ4n) is 2.01. The lowest BCUT2D eigenvalue weighted by molar-refractivity contribution is -0.120. The Morgan fingerprint density at radius 3 is 2.22 bits per heavy atom. The number of carbonyl (C=O) groups excluding carboxylic acids is 2. The predicted molar refractivity (Wildman–Crippen MR) is 79.4 cm³/mol. The summed E-state index contributed by atoms with van der Waals surface area (Å²) < 4.78 is 40.6. The first-order chi connectivity index (χ1) is 10.9. The highest BCUT2D eigenvalue weighted by Gasteiger charge is 2.22. The number of amides is 2. The van der Waals surface area contributed by atoms with E-state index in [1.165, 1.54) is 18.2 Å². The molecule has 23 heavy (non-hydrogen) atoms. The zero-order chi connectivity index (χ0) is 17.0. The van der Waals surface area contributed by atoms with Crippen LogP contribution in [0.25, 0.3) is 0 Å². The fourth-order valence-corrected chi connectivity index (χ4v) is 2.01. The number of benzene rings is 2. The van der Waals surface area contributed by atoms with E-state index in [-0.39, 0.29) is 5.69 Å². The van der Waals surface area contributed by atoms with Gasteiger partial charge in [-0.05, 0) is 30.3 Å². The van der Waals surface area contributed by atoms with Gasteiger partial charge in [0.15, 0.2) is 0 Å². The molecule has 0 heterocycles. The van der Waals surface area contributed by atoms with Gasteiger partial charge in [-0.15, -0.1) is 0 Å². The normalized spacial score (nSPS) is 10.3. The SMILES string of the molecule is CC(=O)N(CC(=O)Nc1cccc(F)c1)c1c(F)cccc1F. The minimum absolute atomic E-state index is 0.174. The first kappa shape index (κ1) is 16.5. The zero-order valence-electron chi connectivity index (χ0n) is 12.1. The molecule has 2 amide bonds. The molecule has 0 bridgehead atoms. The quantitative estimate of drug-likeness (QED) is 0.940. The van der Waals surface area contributed by atoms with Crippen LogP contribution in [0.3, 0.4) is 0 Å². The summed E-state index contributed by atoms with van der Waals surface area (Å²) in [5.74, 6) is -3.89. The number of hydrogen-bond donors (Lipinski definition) is 1. The number of halogens is 3. The third kappa shape index (κ3) is 4.09. The molecule has 0 aliphatic heterocycles. The van der Waals surface area contributed by atoms with Crippen molar-refractivity contribution < 1.29 is 22.8 Å². The minimum atomic E-state index is -0.959. The van der Waals surface area contributed by atoms with Crippen LogP contribution in [0.1, 0.15) is 6.92 Å². The molecule has 0 atom stereocenters. The third-order valence-electron chi connectivity index (χ3n) is 3.00. The van der Waals surface area contributed by atoms with Crippen LogP contribution < -0.4 is 10.2 Å². The van der Waals surface area contributed by atoms with Gasteiger partial charge in [0.05, 0.1) is 0 Å². The largest absolute Gasteiger partial charge is 0.324 e. The van der Waals surface area contributed by atoms with Crippen LogP contribution in [0.15, 0.2) is 42.5 Å². The summed E-state index contributed by atoms with van der Waals surface area (Å²) >= 11 is 0. The lowest BCUT2D eigenvalue weighted by atomic mass is 10.2. The first-order valence-electron chi connectivity index (χ1n) is 6.66. The van der Waals surface area contributed by atoms with Crippen LogP contribution in [-0.2, 0) is 9.59 Å². The topological polar surface area (TPSA) is 49.4 Å². The molecule has 0 unspecified atom stereocenters. The van der Waals surface area contributed by atoms with Gasteiger partial charge >= 0.3 is 0 Å². The molecular weight excluding hydrogens is 309 g/mol. The fraction of sp³-hybridized carbons (Fsp3) is 0.125. The highest BCUT2D eigenvalue weighted by atomic mass is 19.1. The average Bonchev–Trinajstić information content (AvgIpc) is 2.45. The Labute approximate surface area is 130 Å². The van der Waals surface area contributed by atoms with Gasteiger partial charge < -0.3 is 5.32 Å². The molecule has 4 nitrogen and oxygen atoms in total. The molecule has 7 heteroatoms. The highest BCUT2D eigenvalue weighted by Crippen LogP contribution is 2.23. The number of nitrogens with one attached hydrogen (secondary N) is 1. The van der Waals surface area contributed by atoms with E-state index in [2.05, 4.69) is 5.32 Å². The number of anilines is 2. The van der Waals surface area contributed by atoms with Crippen molar-refractivity contribution in [3.8, 4) is 0 Å². The lowest BCUT2D eigenvalue weighted by Crippen LogP contribution is -2.37. The standard InChI is InChI=1S/C16H13F3N2O2/c1-10(22)21(16-13(18)6-3-7-14(16)19)9-15(23)20-12-5-2-4-11(17)8-12/h2-8H,9H2,1H3,(H,20,23). The van der Waals surface area contributed by atoms with Crippen molar-refractivity contribution >= 4 is 23.2 Å². The van der Waals surface area contributed by atoms with Crippen LogP contribution >= 0.6 is 0 Å². The Bertz CT molecular complexity index is 730. The zero-order valence-corrected chi connectivity index (χ0v) is 12.1. The van der Waals surface area contributed by atoms with Gasteiger partial charge in [-0.25, -0.2) is 13.2 Å². The second-order valence-corrected chi connectivity index (χ2v) is 4.73. The summed E-state index contributed by atoms with van der Waals surface area (Å²) in [6, 6.07) is 8.25. The summed E-state index contributed by atoms with van der Waals surface area (Å²) in [6.07, 6.45) is 0. The molecule has 2 aromatic rings. The van der Waals surface area contributed by atoms with Gasteiger partial charge in [0.1, 0.15) is 29.7 Å². The Balaban J connectivity index is 2.20. The van der Waals surface area contributed by atoms with Crippen molar-refractivity contribution in [3.63, 3.8) is 0 Å². The Kier molecular flexibility index (Phi) is 5.00. The summed E-state index contributed by atoms with van der Waals surface area (Å²) in [4.78, 5) is 24.3. The Morgan fingerprint density at radius 2 is 1.65 bits per heavy atom. The van der Waals surface area contributed by atoms with Crippen LogP contribution in [0.5, 0.6) is 0 Å². The second-order valence-electron chi connectivity index (χ2n) is 4.73. The molecule has 1 N–H and O–H groups in total. The highest BCUT2D eigenvalue weighted by molar-refractivity contribution is 6.01.